The van der Waals surface area contributed by atoms with Crippen molar-refractivity contribution in [3.63, 3.8) is 0 Å². The van der Waals surface area contributed by atoms with Crippen LogP contribution < -0.4 is 5.32 Å². The van der Waals surface area contributed by atoms with Crippen molar-refractivity contribution in [3.05, 3.63) is 0 Å². The molecule has 1 saturated carbocycles. The van der Waals surface area contributed by atoms with Gasteiger partial charge in [0.05, 0.1) is 6.61 Å². The average molecular weight is 232 g/mol. The van der Waals surface area contributed by atoms with Gasteiger partial charge in [-0.15, -0.1) is 11.6 Å². The zero-order valence-corrected chi connectivity index (χ0v) is 10.2. The zero-order chi connectivity index (χ0) is 10.6. The van der Waals surface area contributed by atoms with Gasteiger partial charge in [0.25, 0.3) is 0 Å². The van der Waals surface area contributed by atoms with E-state index in [1.807, 2.05) is 0 Å². The van der Waals surface area contributed by atoms with E-state index in [0.717, 1.165) is 25.6 Å². The molecule has 0 bridgehead atoms. The Labute approximate surface area is 97.7 Å². The molecule has 0 spiro atoms. The van der Waals surface area contributed by atoms with E-state index in [9.17, 15) is 0 Å². The highest BCUT2D eigenvalue weighted by molar-refractivity contribution is 6.18. The van der Waals surface area contributed by atoms with Crippen LogP contribution in [0.15, 0.2) is 0 Å². The maximum atomic E-state index is 6.15. The Hall–Kier alpha value is 0.210. The van der Waals surface area contributed by atoms with Crippen molar-refractivity contribution in [1.29, 1.82) is 0 Å². The summed E-state index contributed by atoms with van der Waals surface area (Å²) in [6.45, 7) is 2.90. The summed E-state index contributed by atoms with van der Waals surface area (Å²) in [7, 11) is 0. The van der Waals surface area contributed by atoms with Gasteiger partial charge in [-0.25, -0.2) is 0 Å². The molecular weight excluding hydrogens is 210 g/mol. The van der Waals surface area contributed by atoms with Crippen molar-refractivity contribution in [2.24, 2.45) is 5.41 Å². The van der Waals surface area contributed by atoms with Gasteiger partial charge in [-0.05, 0) is 24.7 Å². The van der Waals surface area contributed by atoms with Gasteiger partial charge in [-0.3, -0.25) is 0 Å². The molecule has 1 unspecified atom stereocenters. The van der Waals surface area contributed by atoms with Crippen molar-refractivity contribution in [2.75, 3.05) is 25.6 Å². The van der Waals surface area contributed by atoms with Gasteiger partial charge < -0.3 is 10.1 Å². The molecule has 0 aromatic heterocycles. The van der Waals surface area contributed by atoms with Crippen LogP contribution in [0.25, 0.3) is 0 Å². The Morgan fingerprint density at radius 1 is 1.27 bits per heavy atom. The highest BCUT2D eigenvalue weighted by Gasteiger charge is 2.31. The minimum atomic E-state index is 0.377. The number of rotatable bonds is 4. The molecule has 3 heteroatoms. The third kappa shape index (κ3) is 3.08. The Kier molecular flexibility index (Phi) is 4.30. The van der Waals surface area contributed by atoms with Crippen LogP contribution >= 0.6 is 11.6 Å². The highest BCUT2D eigenvalue weighted by Crippen LogP contribution is 2.36. The van der Waals surface area contributed by atoms with E-state index in [1.54, 1.807) is 0 Å². The normalized spacial score (nSPS) is 30.6. The van der Waals surface area contributed by atoms with Crippen LogP contribution in [0.4, 0.5) is 0 Å². The van der Waals surface area contributed by atoms with Crippen molar-refractivity contribution in [2.45, 2.75) is 44.6 Å². The SMILES string of the molecule is ClCC1(CNC2CCOC2)CCCCC1. The van der Waals surface area contributed by atoms with Gasteiger partial charge in [0.15, 0.2) is 0 Å². The van der Waals surface area contributed by atoms with Crippen LogP contribution in [0.1, 0.15) is 38.5 Å². The van der Waals surface area contributed by atoms with Crippen LogP contribution in [0.3, 0.4) is 0 Å². The lowest BCUT2D eigenvalue weighted by Crippen LogP contribution is -2.42. The molecule has 1 aliphatic carbocycles. The van der Waals surface area contributed by atoms with E-state index in [0.29, 0.717) is 11.5 Å². The Morgan fingerprint density at radius 2 is 2.07 bits per heavy atom. The lowest BCUT2D eigenvalue weighted by Gasteiger charge is -2.36. The molecule has 1 N–H and O–H groups in total. The summed E-state index contributed by atoms with van der Waals surface area (Å²) >= 11 is 6.15. The summed E-state index contributed by atoms with van der Waals surface area (Å²) < 4.78 is 5.37. The lowest BCUT2D eigenvalue weighted by molar-refractivity contribution is 0.176. The molecule has 0 aromatic rings. The van der Waals surface area contributed by atoms with Crippen LogP contribution in [-0.2, 0) is 4.74 Å². The van der Waals surface area contributed by atoms with E-state index in [2.05, 4.69) is 5.32 Å². The molecule has 2 nitrogen and oxygen atoms in total. The second kappa shape index (κ2) is 5.51. The topological polar surface area (TPSA) is 21.3 Å². The fourth-order valence-electron chi connectivity index (χ4n) is 2.72. The molecule has 88 valence electrons. The predicted molar refractivity (Wildman–Crippen MR) is 63.5 cm³/mol. The van der Waals surface area contributed by atoms with Crippen LogP contribution in [0.5, 0.6) is 0 Å². The van der Waals surface area contributed by atoms with E-state index in [1.165, 1.54) is 38.5 Å². The third-order valence-electron chi connectivity index (χ3n) is 3.89. The summed E-state index contributed by atoms with van der Waals surface area (Å²) in [6, 6.07) is 0.576. The monoisotopic (exact) mass is 231 g/mol. The molecule has 1 heterocycles. The average Bonchev–Trinajstić information content (AvgIpc) is 2.81. The highest BCUT2D eigenvalue weighted by atomic mass is 35.5. The molecule has 2 fully saturated rings. The standard InChI is InChI=1S/C12H22ClNO/c13-9-12(5-2-1-3-6-12)10-14-11-4-7-15-8-11/h11,14H,1-10H2. The lowest BCUT2D eigenvalue weighted by atomic mass is 9.75. The van der Waals surface area contributed by atoms with Gasteiger partial charge in [-0.2, -0.15) is 0 Å². The van der Waals surface area contributed by atoms with Gasteiger partial charge in [0.1, 0.15) is 0 Å². The number of alkyl halides is 1. The first kappa shape index (κ1) is 11.7. The number of ether oxygens (including phenoxy) is 1. The van der Waals surface area contributed by atoms with Crippen molar-refractivity contribution in [3.8, 4) is 0 Å². The maximum Gasteiger partial charge on any atom is 0.0620 e. The van der Waals surface area contributed by atoms with E-state index >= 15 is 0 Å². The van der Waals surface area contributed by atoms with Crippen LogP contribution in [-0.4, -0.2) is 31.7 Å². The summed E-state index contributed by atoms with van der Waals surface area (Å²) in [5.74, 6) is 0.813. The zero-order valence-electron chi connectivity index (χ0n) is 9.43. The smallest absolute Gasteiger partial charge is 0.0620 e. The summed E-state index contributed by atoms with van der Waals surface area (Å²) in [5, 5.41) is 3.63. The van der Waals surface area contributed by atoms with Crippen LogP contribution in [0.2, 0.25) is 0 Å². The molecule has 0 aromatic carbocycles. The van der Waals surface area contributed by atoms with Crippen molar-refractivity contribution >= 4 is 11.6 Å². The number of hydrogen-bond donors (Lipinski definition) is 1. The second-order valence-corrected chi connectivity index (χ2v) is 5.40. The van der Waals surface area contributed by atoms with E-state index < -0.39 is 0 Å². The summed E-state index contributed by atoms with van der Waals surface area (Å²) in [4.78, 5) is 0. The van der Waals surface area contributed by atoms with Gasteiger partial charge >= 0.3 is 0 Å². The Balaban J connectivity index is 1.78. The molecule has 2 aliphatic rings. The maximum absolute atomic E-state index is 6.15. The largest absolute Gasteiger partial charge is 0.380 e. The third-order valence-corrected chi connectivity index (χ3v) is 4.46. The molecular formula is C12H22ClNO. The first-order valence-electron chi connectivity index (χ1n) is 6.22. The fraction of sp³-hybridized carbons (Fsp3) is 1.00. The summed E-state index contributed by atoms with van der Waals surface area (Å²) in [5.41, 5.74) is 0.377. The Morgan fingerprint density at radius 3 is 2.67 bits per heavy atom. The summed E-state index contributed by atoms with van der Waals surface area (Å²) in [6.07, 6.45) is 7.88. The van der Waals surface area contributed by atoms with E-state index in [-0.39, 0.29) is 0 Å². The van der Waals surface area contributed by atoms with Crippen LogP contribution in [0, 0.1) is 5.41 Å². The molecule has 0 radical (unpaired) electrons. The first-order chi connectivity index (χ1) is 7.35. The Bertz CT molecular complexity index is 186. The van der Waals surface area contributed by atoms with Crippen molar-refractivity contribution in [1.82, 2.24) is 5.32 Å². The molecule has 1 atom stereocenters. The quantitative estimate of drug-likeness (QED) is 0.751. The van der Waals surface area contributed by atoms with Gasteiger partial charge in [0, 0.05) is 25.1 Å². The minimum absolute atomic E-state index is 0.377. The minimum Gasteiger partial charge on any atom is -0.380 e. The molecule has 15 heavy (non-hydrogen) atoms. The first-order valence-corrected chi connectivity index (χ1v) is 6.75. The molecule has 1 saturated heterocycles. The van der Waals surface area contributed by atoms with Crippen molar-refractivity contribution < 1.29 is 4.74 Å². The van der Waals surface area contributed by atoms with E-state index in [4.69, 9.17) is 16.3 Å². The number of hydrogen-bond acceptors (Lipinski definition) is 2. The fourth-order valence-corrected chi connectivity index (χ4v) is 3.08. The number of nitrogens with one attached hydrogen (secondary N) is 1. The van der Waals surface area contributed by atoms with Gasteiger partial charge in [-0.1, -0.05) is 19.3 Å². The second-order valence-electron chi connectivity index (χ2n) is 5.14. The number of halogens is 1. The molecule has 0 amide bonds. The predicted octanol–water partition coefficient (Wildman–Crippen LogP) is 2.55. The molecule has 1 aliphatic heterocycles. The van der Waals surface area contributed by atoms with Gasteiger partial charge in [0.2, 0.25) is 0 Å². The molecule has 2 rings (SSSR count).